The van der Waals surface area contributed by atoms with Crippen molar-refractivity contribution < 1.29 is 19.1 Å². The normalized spacial score (nSPS) is 11.9. The number of aromatic amines is 1. The maximum atomic E-state index is 12.8. The third-order valence-corrected chi connectivity index (χ3v) is 4.40. The summed E-state index contributed by atoms with van der Waals surface area (Å²) in [6.45, 7) is 3.37. The van der Waals surface area contributed by atoms with E-state index in [1.165, 1.54) is 6.08 Å². The molecule has 3 rings (SSSR count). The molecule has 146 valence electrons. The highest BCUT2D eigenvalue weighted by molar-refractivity contribution is 6.11. The molecule has 1 N–H and O–H groups in total. The Hall–Kier alpha value is -3.85. The SMILES string of the molecule is Cc1[nH]c2ccccc2c1C(=O)C(C)OC(=O)C=Cc1ccc(OCC#N)cc1. The van der Waals surface area contributed by atoms with Gasteiger partial charge in [-0.15, -0.1) is 0 Å². The van der Waals surface area contributed by atoms with Crippen LogP contribution in [0.2, 0.25) is 0 Å². The van der Waals surface area contributed by atoms with Gasteiger partial charge in [0.15, 0.2) is 12.7 Å². The number of nitrogens with zero attached hydrogens (tertiary/aromatic N) is 1. The fraction of sp³-hybridized carbons (Fsp3) is 0.174. The molecule has 29 heavy (non-hydrogen) atoms. The second-order valence-corrected chi connectivity index (χ2v) is 6.46. The number of carbonyl (C=O) groups excluding carboxylic acids is 2. The Bertz CT molecular complexity index is 1100. The monoisotopic (exact) mass is 388 g/mol. The summed E-state index contributed by atoms with van der Waals surface area (Å²) >= 11 is 0. The number of nitrogens with one attached hydrogen (secondary N) is 1. The van der Waals surface area contributed by atoms with Crippen LogP contribution in [-0.2, 0) is 9.53 Å². The number of nitriles is 1. The topological polar surface area (TPSA) is 92.2 Å². The van der Waals surface area contributed by atoms with E-state index in [2.05, 4.69) is 4.98 Å². The molecule has 1 heterocycles. The summed E-state index contributed by atoms with van der Waals surface area (Å²) in [6, 6.07) is 16.3. The fourth-order valence-electron chi connectivity index (χ4n) is 3.02. The summed E-state index contributed by atoms with van der Waals surface area (Å²) in [4.78, 5) is 28.1. The van der Waals surface area contributed by atoms with Crippen LogP contribution in [0.4, 0.5) is 0 Å². The number of aryl methyl sites for hydroxylation is 1. The van der Waals surface area contributed by atoms with Gasteiger partial charge in [0, 0.05) is 28.2 Å². The smallest absolute Gasteiger partial charge is 0.331 e. The second-order valence-electron chi connectivity index (χ2n) is 6.46. The summed E-state index contributed by atoms with van der Waals surface area (Å²) in [6.07, 6.45) is 1.95. The highest BCUT2D eigenvalue weighted by atomic mass is 16.5. The Morgan fingerprint density at radius 1 is 1.17 bits per heavy atom. The van der Waals surface area contributed by atoms with Crippen LogP contribution < -0.4 is 4.74 Å². The lowest BCUT2D eigenvalue weighted by Crippen LogP contribution is -2.24. The number of para-hydroxylation sites is 1. The zero-order valence-corrected chi connectivity index (χ0v) is 16.1. The summed E-state index contributed by atoms with van der Waals surface area (Å²) in [5.41, 5.74) is 2.91. The number of benzene rings is 2. The van der Waals surface area contributed by atoms with E-state index in [1.807, 2.05) is 37.3 Å². The van der Waals surface area contributed by atoms with Gasteiger partial charge in [-0.1, -0.05) is 30.3 Å². The third kappa shape index (κ3) is 4.71. The van der Waals surface area contributed by atoms with Crippen molar-refractivity contribution in [1.29, 1.82) is 5.26 Å². The van der Waals surface area contributed by atoms with E-state index in [1.54, 1.807) is 37.3 Å². The molecule has 0 spiro atoms. The molecule has 2 aromatic carbocycles. The van der Waals surface area contributed by atoms with Crippen molar-refractivity contribution in [1.82, 2.24) is 4.98 Å². The number of carbonyl (C=O) groups is 2. The van der Waals surface area contributed by atoms with E-state index in [0.29, 0.717) is 11.3 Å². The van der Waals surface area contributed by atoms with Crippen molar-refractivity contribution in [3.63, 3.8) is 0 Å². The van der Waals surface area contributed by atoms with E-state index in [9.17, 15) is 9.59 Å². The van der Waals surface area contributed by atoms with Gasteiger partial charge in [-0.25, -0.2) is 4.79 Å². The minimum absolute atomic E-state index is 0.0245. The molecule has 0 aliphatic heterocycles. The first-order valence-corrected chi connectivity index (χ1v) is 9.09. The van der Waals surface area contributed by atoms with Gasteiger partial charge in [-0.2, -0.15) is 5.26 Å². The molecule has 3 aromatic rings. The Balaban J connectivity index is 1.64. The Morgan fingerprint density at radius 2 is 1.90 bits per heavy atom. The third-order valence-electron chi connectivity index (χ3n) is 4.40. The number of H-pyrrole nitrogens is 1. The van der Waals surface area contributed by atoms with Gasteiger partial charge >= 0.3 is 5.97 Å². The zero-order valence-electron chi connectivity index (χ0n) is 16.1. The van der Waals surface area contributed by atoms with E-state index in [-0.39, 0.29) is 12.4 Å². The van der Waals surface area contributed by atoms with Gasteiger partial charge in [-0.05, 0) is 43.7 Å². The lowest BCUT2D eigenvalue weighted by atomic mass is 10.0. The van der Waals surface area contributed by atoms with Gasteiger partial charge in [0.25, 0.3) is 0 Å². The van der Waals surface area contributed by atoms with Crippen molar-refractivity contribution in [2.75, 3.05) is 6.61 Å². The number of hydrogen-bond donors (Lipinski definition) is 1. The van der Waals surface area contributed by atoms with Gasteiger partial charge in [-0.3, -0.25) is 4.79 Å². The van der Waals surface area contributed by atoms with Crippen LogP contribution in [0.3, 0.4) is 0 Å². The molecule has 0 saturated heterocycles. The molecular formula is C23H20N2O4. The Kier molecular flexibility index (Phi) is 6.10. The minimum atomic E-state index is -0.910. The maximum absolute atomic E-state index is 12.8. The summed E-state index contributed by atoms with van der Waals surface area (Å²) < 4.78 is 10.5. The van der Waals surface area contributed by atoms with Gasteiger partial charge in [0.2, 0.25) is 5.78 Å². The zero-order chi connectivity index (χ0) is 20.8. The number of aromatic nitrogens is 1. The lowest BCUT2D eigenvalue weighted by molar-refractivity contribution is -0.140. The fourth-order valence-corrected chi connectivity index (χ4v) is 3.02. The molecule has 1 aromatic heterocycles. The highest BCUT2D eigenvalue weighted by Gasteiger charge is 2.23. The summed E-state index contributed by atoms with van der Waals surface area (Å²) in [5, 5.41) is 9.31. The number of Topliss-reactive ketones (excluding diaryl/α,β-unsaturated/α-hetero) is 1. The second kappa shape index (κ2) is 8.89. The van der Waals surface area contributed by atoms with E-state index in [4.69, 9.17) is 14.7 Å². The number of ketones is 1. The van der Waals surface area contributed by atoms with Crippen LogP contribution in [0.25, 0.3) is 17.0 Å². The van der Waals surface area contributed by atoms with Crippen molar-refractivity contribution in [2.24, 2.45) is 0 Å². The average molecular weight is 388 g/mol. The molecule has 0 aliphatic carbocycles. The Labute approximate surface area is 168 Å². The number of ether oxygens (including phenoxy) is 2. The van der Waals surface area contributed by atoms with Crippen LogP contribution in [0.5, 0.6) is 5.75 Å². The summed E-state index contributed by atoms with van der Waals surface area (Å²) in [7, 11) is 0. The molecule has 0 bridgehead atoms. The van der Waals surface area contributed by atoms with Crippen molar-refractivity contribution in [2.45, 2.75) is 20.0 Å². The van der Waals surface area contributed by atoms with Crippen LogP contribution in [0.15, 0.2) is 54.6 Å². The molecule has 0 radical (unpaired) electrons. The van der Waals surface area contributed by atoms with Crippen molar-refractivity contribution in [3.8, 4) is 11.8 Å². The molecule has 6 heteroatoms. The van der Waals surface area contributed by atoms with Gasteiger partial charge < -0.3 is 14.5 Å². The number of hydrogen-bond acceptors (Lipinski definition) is 5. The van der Waals surface area contributed by atoms with E-state index in [0.717, 1.165) is 22.2 Å². The maximum Gasteiger partial charge on any atom is 0.331 e. The molecular weight excluding hydrogens is 368 g/mol. The largest absolute Gasteiger partial charge is 0.479 e. The standard InChI is InChI=1S/C23H20N2O4/c1-15-22(19-5-3-4-6-20(19)25-15)23(27)16(2)29-21(26)12-9-17-7-10-18(11-8-17)28-14-13-24/h3-12,16,25H,14H2,1-2H3. The number of fused-ring (bicyclic) bond motifs is 1. The first-order chi connectivity index (χ1) is 14.0. The molecule has 0 amide bonds. The van der Waals surface area contributed by atoms with Crippen LogP contribution in [-0.4, -0.2) is 29.4 Å². The number of rotatable bonds is 7. The van der Waals surface area contributed by atoms with E-state index < -0.39 is 12.1 Å². The molecule has 0 aliphatic rings. The van der Waals surface area contributed by atoms with Crippen LogP contribution in [0.1, 0.15) is 28.5 Å². The average Bonchev–Trinajstić information content (AvgIpc) is 3.06. The summed E-state index contributed by atoms with van der Waals surface area (Å²) in [5.74, 6) is -0.284. The minimum Gasteiger partial charge on any atom is -0.479 e. The van der Waals surface area contributed by atoms with Gasteiger partial charge in [0.05, 0.1) is 0 Å². The highest BCUT2D eigenvalue weighted by Crippen LogP contribution is 2.24. The molecule has 1 unspecified atom stereocenters. The predicted molar refractivity (Wildman–Crippen MR) is 110 cm³/mol. The Morgan fingerprint density at radius 3 is 2.62 bits per heavy atom. The first-order valence-electron chi connectivity index (χ1n) is 9.09. The lowest BCUT2D eigenvalue weighted by Gasteiger charge is -2.11. The molecule has 6 nitrogen and oxygen atoms in total. The first kappa shape index (κ1) is 19.9. The number of esters is 1. The van der Waals surface area contributed by atoms with Crippen LogP contribution in [0, 0.1) is 18.3 Å². The van der Waals surface area contributed by atoms with Crippen LogP contribution >= 0.6 is 0 Å². The molecule has 0 fully saturated rings. The van der Waals surface area contributed by atoms with E-state index >= 15 is 0 Å². The quantitative estimate of drug-likeness (QED) is 0.372. The molecule has 0 saturated carbocycles. The van der Waals surface area contributed by atoms with Crippen molar-refractivity contribution in [3.05, 3.63) is 71.4 Å². The predicted octanol–water partition coefficient (Wildman–Crippen LogP) is 4.21. The van der Waals surface area contributed by atoms with Gasteiger partial charge in [0.1, 0.15) is 11.8 Å². The molecule has 1 atom stereocenters. The van der Waals surface area contributed by atoms with Crippen molar-refractivity contribution >= 4 is 28.7 Å².